The van der Waals surface area contributed by atoms with Crippen molar-refractivity contribution in [3.63, 3.8) is 0 Å². The summed E-state index contributed by atoms with van der Waals surface area (Å²) < 4.78 is 14.6. The Morgan fingerprint density at radius 1 is 1.39 bits per heavy atom. The molecule has 0 aliphatic carbocycles. The van der Waals surface area contributed by atoms with Crippen LogP contribution in [-0.4, -0.2) is 21.3 Å². The van der Waals surface area contributed by atoms with Gasteiger partial charge in [0, 0.05) is 19.7 Å². The molecule has 0 saturated carbocycles. The molecule has 0 bridgehead atoms. The molecule has 5 heteroatoms. The van der Waals surface area contributed by atoms with E-state index in [9.17, 15) is 4.39 Å². The number of likely N-dealkylation sites (N-methyl/N-ethyl adjacent to an activating group) is 1. The first-order chi connectivity index (χ1) is 8.69. The molecule has 0 fully saturated rings. The van der Waals surface area contributed by atoms with Crippen molar-refractivity contribution in [3.05, 3.63) is 47.8 Å². The van der Waals surface area contributed by atoms with Crippen LogP contribution in [0.25, 0.3) is 0 Å². The van der Waals surface area contributed by atoms with Gasteiger partial charge in [0.25, 0.3) is 0 Å². The van der Waals surface area contributed by atoms with Crippen LogP contribution in [0.4, 0.5) is 4.39 Å². The lowest BCUT2D eigenvalue weighted by molar-refractivity contribution is 0.523. The third-order valence-electron chi connectivity index (χ3n) is 2.74. The van der Waals surface area contributed by atoms with Gasteiger partial charge in [-0.2, -0.15) is 5.10 Å². The second kappa shape index (κ2) is 5.73. The number of nitrogens with zero attached hydrogens (tertiary/aromatic N) is 3. The number of hydrogen-bond acceptors (Lipinski definition) is 3. The van der Waals surface area contributed by atoms with Gasteiger partial charge in [-0.05, 0) is 24.7 Å². The topological polar surface area (TPSA) is 42.7 Å². The van der Waals surface area contributed by atoms with E-state index >= 15 is 0 Å². The summed E-state index contributed by atoms with van der Waals surface area (Å²) >= 11 is 0. The van der Waals surface area contributed by atoms with Gasteiger partial charge in [0.15, 0.2) is 0 Å². The fraction of sp³-hybridized carbons (Fsp3) is 0.385. The minimum Gasteiger partial charge on any atom is -0.309 e. The molecule has 4 nitrogen and oxygen atoms in total. The number of hydrogen-bond donors (Lipinski definition) is 1. The summed E-state index contributed by atoms with van der Waals surface area (Å²) in [6.45, 7) is 2.87. The smallest absolute Gasteiger partial charge is 0.141 e. The Balaban J connectivity index is 2.14. The molecule has 2 heterocycles. The van der Waals surface area contributed by atoms with Crippen LogP contribution in [0.5, 0.6) is 0 Å². The molecule has 2 aromatic rings. The van der Waals surface area contributed by atoms with Crippen LogP contribution in [0.2, 0.25) is 0 Å². The number of aromatic nitrogens is 3. The normalized spacial score (nSPS) is 12.6. The summed E-state index contributed by atoms with van der Waals surface area (Å²) in [5.74, 6) is -0.313. The highest BCUT2D eigenvalue weighted by Crippen LogP contribution is 2.15. The number of rotatable bonds is 5. The molecule has 1 unspecified atom stereocenters. The Morgan fingerprint density at radius 2 is 2.22 bits per heavy atom. The van der Waals surface area contributed by atoms with Crippen molar-refractivity contribution in [2.75, 3.05) is 6.54 Å². The zero-order chi connectivity index (χ0) is 13.0. The van der Waals surface area contributed by atoms with E-state index in [1.54, 1.807) is 10.7 Å². The third kappa shape index (κ3) is 3.13. The van der Waals surface area contributed by atoms with E-state index in [2.05, 4.69) is 15.4 Å². The van der Waals surface area contributed by atoms with Gasteiger partial charge < -0.3 is 5.32 Å². The second-order valence-electron chi connectivity index (χ2n) is 4.20. The zero-order valence-electron chi connectivity index (χ0n) is 10.6. The van der Waals surface area contributed by atoms with Crippen LogP contribution in [0.1, 0.15) is 24.4 Å². The summed E-state index contributed by atoms with van der Waals surface area (Å²) in [7, 11) is 1.89. The Kier molecular flexibility index (Phi) is 4.04. The number of nitrogens with one attached hydrogen (secondary N) is 1. The molecular weight excluding hydrogens is 231 g/mol. The van der Waals surface area contributed by atoms with Crippen molar-refractivity contribution in [1.29, 1.82) is 0 Å². The van der Waals surface area contributed by atoms with E-state index in [0.717, 1.165) is 24.4 Å². The summed E-state index contributed by atoms with van der Waals surface area (Å²) in [4.78, 5) is 4.13. The van der Waals surface area contributed by atoms with Crippen molar-refractivity contribution >= 4 is 0 Å². The lowest BCUT2D eigenvalue weighted by atomic mass is 10.1. The molecule has 0 amide bonds. The van der Waals surface area contributed by atoms with Crippen LogP contribution >= 0.6 is 0 Å². The molecule has 0 radical (unpaired) electrons. The number of aryl methyl sites for hydroxylation is 1. The van der Waals surface area contributed by atoms with Gasteiger partial charge in [0.2, 0.25) is 0 Å². The summed E-state index contributed by atoms with van der Waals surface area (Å²) in [6.07, 6.45) is 3.90. The van der Waals surface area contributed by atoms with Crippen molar-refractivity contribution in [2.45, 2.75) is 19.4 Å². The summed E-state index contributed by atoms with van der Waals surface area (Å²) in [6, 6.07) is 5.19. The van der Waals surface area contributed by atoms with Crippen molar-refractivity contribution < 1.29 is 4.39 Å². The Labute approximate surface area is 106 Å². The highest BCUT2D eigenvalue weighted by atomic mass is 19.1. The lowest BCUT2D eigenvalue weighted by Crippen LogP contribution is -2.24. The van der Waals surface area contributed by atoms with Gasteiger partial charge in [0.1, 0.15) is 5.82 Å². The molecule has 18 heavy (non-hydrogen) atoms. The lowest BCUT2D eigenvalue weighted by Gasteiger charge is -2.16. The van der Waals surface area contributed by atoms with E-state index in [-0.39, 0.29) is 11.9 Å². The molecule has 0 aliphatic rings. The molecule has 1 N–H and O–H groups in total. The summed E-state index contributed by atoms with van der Waals surface area (Å²) in [5, 5.41) is 7.69. The first kappa shape index (κ1) is 12.7. The maximum Gasteiger partial charge on any atom is 0.141 e. The van der Waals surface area contributed by atoms with Crippen LogP contribution in [0.15, 0.2) is 30.6 Å². The first-order valence-corrected chi connectivity index (χ1v) is 6.02. The number of pyridine rings is 1. The van der Waals surface area contributed by atoms with Gasteiger partial charge in [-0.1, -0.05) is 6.92 Å². The minimum atomic E-state index is -0.313. The maximum atomic E-state index is 12.9. The first-order valence-electron chi connectivity index (χ1n) is 6.02. The van der Waals surface area contributed by atoms with Gasteiger partial charge in [-0.15, -0.1) is 0 Å². The van der Waals surface area contributed by atoms with Gasteiger partial charge in [-0.25, -0.2) is 4.39 Å². The molecule has 0 spiro atoms. The molecule has 0 aromatic carbocycles. The van der Waals surface area contributed by atoms with Crippen LogP contribution in [0.3, 0.4) is 0 Å². The van der Waals surface area contributed by atoms with Crippen molar-refractivity contribution in [1.82, 2.24) is 20.1 Å². The van der Waals surface area contributed by atoms with Crippen molar-refractivity contribution in [3.8, 4) is 0 Å². The second-order valence-corrected chi connectivity index (χ2v) is 4.20. The summed E-state index contributed by atoms with van der Waals surface area (Å²) in [5.41, 5.74) is 1.83. The SMILES string of the molecule is CCNC(Cc1ccn(C)n1)c1ccc(F)cn1. The monoisotopic (exact) mass is 248 g/mol. The average Bonchev–Trinajstić information content (AvgIpc) is 2.75. The van der Waals surface area contributed by atoms with Gasteiger partial charge in [0.05, 0.1) is 23.6 Å². The van der Waals surface area contributed by atoms with E-state index in [1.165, 1.54) is 12.3 Å². The fourth-order valence-electron chi connectivity index (χ4n) is 1.90. The molecule has 2 rings (SSSR count). The number of halogens is 1. The quantitative estimate of drug-likeness (QED) is 0.878. The Morgan fingerprint density at radius 3 is 2.78 bits per heavy atom. The van der Waals surface area contributed by atoms with Crippen LogP contribution in [-0.2, 0) is 13.5 Å². The molecule has 1 atom stereocenters. The van der Waals surface area contributed by atoms with E-state index in [1.807, 2.05) is 26.2 Å². The van der Waals surface area contributed by atoms with Crippen LogP contribution in [0, 0.1) is 5.82 Å². The zero-order valence-corrected chi connectivity index (χ0v) is 10.6. The highest BCUT2D eigenvalue weighted by molar-refractivity contribution is 5.13. The largest absolute Gasteiger partial charge is 0.309 e. The molecule has 2 aromatic heterocycles. The van der Waals surface area contributed by atoms with Crippen LogP contribution < -0.4 is 5.32 Å². The molecule has 0 saturated heterocycles. The highest BCUT2D eigenvalue weighted by Gasteiger charge is 2.14. The molecule has 96 valence electrons. The predicted molar refractivity (Wildman–Crippen MR) is 67.5 cm³/mol. The van der Waals surface area contributed by atoms with E-state index in [4.69, 9.17) is 0 Å². The Bertz CT molecular complexity index is 492. The Hall–Kier alpha value is -1.75. The molecule has 0 aliphatic heterocycles. The molecular formula is C13H17FN4. The fourth-order valence-corrected chi connectivity index (χ4v) is 1.90. The standard InChI is InChI=1S/C13H17FN4/c1-3-15-13(8-11-6-7-18(2)17-11)12-5-4-10(14)9-16-12/h4-7,9,13,15H,3,8H2,1-2H3. The third-order valence-corrected chi connectivity index (χ3v) is 2.74. The average molecular weight is 248 g/mol. The van der Waals surface area contributed by atoms with E-state index in [0.29, 0.717) is 0 Å². The van der Waals surface area contributed by atoms with Gasteiger partial charge >= 0.3 is 0 Å². The van der Waals surface area contributed by atoms with Crippen molar-refractivity contribution in [2.24, 2.45) is 7.05 Å². The van der Waals surface area contributed by atoms with E-state index < -0.39 is 0 Å². The van der Waals surface area contributed by atoms with Gasteiger partial charge in [-0.3, -0.25) is 9.67 Å². The maximum absolute atomic E-state index is 12.9. The predicted octanol–water partition coefficient (Wildman–Crippen LogP) is 1.85. The minimum absolute atomic E-state index is 0.0606.